The maximum Gasteiger partial charge on any atom is 0.108 e. The fraction of sp³-hybridized carbons (Fsp3) is 0.500. The summed E-state index contributed by atoms with van der Waals surface area (Å²) in [5.41, 5.74) is 1.31. The van der Waals surface area contributed by atoms with E-state index in [1.165, 1.54) is 37.3 Å². The van der Waals surface area contributed by atoms with Gasteiger partial charge in [-0.1, -0.05) is 0 Å². The molecular weight excluding hydrogens is 148 g/mol. The SMILES string of the molecule is C=C.Cc1cnc2n1CCCC2. The number of hydrogen-bond donors (Lipinski definition) is 0. The molecule has 66 valence electrons. The Hall–Kier alpha value is -1.05. The maximum absolute atomic E-state index is 4.32. The minimum absolute atomic E-state index is 1.17. The molecule has 0 aromatic carbocycles. The quantitative estimate of drug-likeness (QED) is 0.538. The van der Waals surface area contributed by atoms with Gasteiger partial charge in [-0.3, -0.25) is 0 Å². The Morgan fingerprint density at radius 3 is 2.83 bits per heavy atom. The minimum atomic E-state index is 1.17. The molecule has 2 rings (SSSR count). The fourth-order valence-electron chi connectivity index (χ4n) is 1.57. The largest absolute Gasteiger partial charge is 0.332 e. The minimum Gasteiger partial charge on any atom is -0.332 e. The van der Waals surface area contributed by atoms with Gasteiger partial charge in [-0.25, -0.2) is 4.98 Å². The maximum atomic E-state index is 4.32. The Morgan fingerprint density at radius 2 is 2.17 bits per heavy atom. The van der Waals surface area contributed by atoms with Crippen LogP contribution in [0.3, 0.4) is 0 Å². The van der Waals surface area contributed by atoms with Crippen molar-refractivity contribution in [2.75, 3.05) is 0 Å². The average molecular weight is 164 g/mol. The van der Waals surface area contributed by atoms with Gasteiger partial charge < -0.3 is 4.57 Å². The summed E-state index contributed by atoms with van der Waals surface area (Å²) < 4.78 is 2.32. The van der Waals surface area contributed by atoms with Gasteiger partial charge in [0.15, 0.2) is 0 Å². The van der Waals surface area contributed by atoms with Gasteiger partial charge in [-0.15, -0.1) is 13.2 Å². The van der Waals surface area contributed by atoms with Crippen LogP contribution in [0.25, 0.3) is 0 Å². The molecule has 0 saturated carbocycles. The highest BCUT2D eigenvalue weighted by molar-refractivity contribution is 5.04. The summed E-state index contributed by atoms with van der Waals surface area (Å²) in [4.78, 5) is 4.32. The zero-order valence-electron chi connectivity index (χ0n) is 7.71. The number of fused-ring (bicyclic) bond motifs is 1. The smallest absolute Gasteiger partial charge is 0.108 e. The molecule has 0 saturated heterocycles. The van der Waals surface area contributed by atoms with Gasteiger partial charge in [-0.05, 0) is 19.8 Å². The molecule has 0 aliphatic carbocycles. The van der Waals surface area contributed by atoms with E-state index in [1.807, 2.05) is 6.20 Å². The summed E-state index contributed by atoms with van der Waals surface area (Å²) in [7, 11) is 0. The Morgan fingerprint density at radius 1 is 1.42 bits per heavy atom. The molecular formula is C10H16N2. The number of rotatable bonds is 0. The molecule has 12 heavy (non-hydrogen) atoms. The lowest BCUT2D eigenvalue weighted by Gasteiger charge is -2.14. The lowest BCUT2D eigenvalue weighted by atomic mass is 10.2. The van der Waals surface area contributed by atoms with E-state index >= 15 is 0 Å². The number of nitrogens with zero attached hydrogens (tertiary/aromatic N) is 2. The molecule has 0 amide bonds. The van der Waals surface area contributed by atoms with E-state index in [0.717, 1.165) is 0 Å². The van der Waals surface area contributed by atoms with Gasteiger partial charge in [0.05, 0.1) is 0 Å². The third-order valence-electron chi connectivity index (χ3n) is 2.17. The molecule has 1 aromatic rings. The van der Waals surface area contributed by atoms with Crippen LogP contribution in [0.15, 0.2) is 19.4 Å². The third kappa shape index (κ3) is 1.58. The first kappa shape index (κ1) is 9.04. The van der Waals surface area contributed by atoms with Crippen LogP contribution in [0.5, 0.6) is 0 Å². The van der Waals surface area contributed by atoms with Gasteiger partial charge in [0.1, 0.15) is 5.82 Å². The number of aryl methyl sites for hydroxylation is 2. The van der Waals surface area contributed by atoms with E-state index in [1.54, 1.807) is 0 Å². The molecule has 0 spiro atoms. The van der Waals surface area contributed by atoms with E-state index < -0.39 is 0 Å². The number of aromatic nitrogens is 2. The van der Waals surface area contributed by atoms with Crippen molar-refractivity contribution in [3.63, 3.8) is 0 Å². The van der Waals surface area contributed by atoms with Crippen molar-refractivity contribution < 1.29 is 0 Å². The molecule has 2 heterocycles. The number of imidazole rings is 1. The van der Waals surface area contributed by atoms with Crippen LogP contribution in [0, 0.1) is 6.92 Å². The van der Waals surface area contributed by atoms with Crippen molar-refractivity contribution in [3.8, 4) is 0 Å². The first-order valence-electron chi connectivity index (χ1n) is 4.39. The van der Waals surface area contributed by atoms with E-state index in [9.17, 15) is 0 Å². The van der Waals surface area contributed by atoms with Crippen LogP contribution >= 0.6 is 0 Å². The Bertz CT molecular complexity index is 250. The van der Waals surface area contributed by atoms with Gasteiger partial charge in [0, 0.05) is 24.9 Å². The lowest BCUT2D eigenvalue weighted by Crippen LogP contribution is -2.11. The summed E-state index contributed by atoms with van der Waals surface area (Å²) in [6.07, 6.45) is 5.79. The van der Waals surface area contributed by atoms with Crippen LogP contribution < -0.4 is 0 Å². The predicted molar refractivity (Wildman–Crippen MR) is 51.2 cm³/mol. The molecule has 0 atom stereocenters. The van der Waals surface area contributed by atoms with Crippen LogP contribution in [0.1, 0.15) is 24.4 Å². The highest BCUT2D eigenvalue weighted by Crippen LogP contribution is 2.14. The summed E-state index contributed by atoms with van der Waals surface area (Å²) in [5.74, 6) is 1.28. The zero-order valence-corrected chi connectivity index (χ0v) is 7.71. The second-order valence-corrected chi connectivity index (χ2v) is 2.92. The van der Waals surface area contributed by atoms with Crippen LogP contribution in [0.4, 0.5) is 0 Å². The summed E-state index contributed by atoms with van der Waals surface area (Å²) in [6.45, 7) is 9.31. The average Bonchev–Trinajstić information content (AvgIpc) is 2.53. The van der Waals surface area contributed by atoms with Crippen molar-refractivity contribution in [2.24, 2.45) is 0 Å². The standard InChI is InChI=1S/C8H12N2.C2H4/c1-7-6-9-8-4-2-3-5-10(7)8;1-2/h6H,2-5H2,1H3;1-2H2. The van der Waals surface area contributed by atoms with E-state index in [0.29, 0.717) is 0 Å². The Balaban J connectivity index is 0.000000336. The normalized spacial score (nSPS) is 14.4. The predicted octanol–water partition coefficient (Wildman–Crippen LogP) is 2.33. The van der Waals surface area contributed by atoms with E-state index in [-0.39, 0.29) is 0 Å². The first-order chi connectivity index (χ1) is 5.88. The second kappa shape index (κ2) is 4.10. The van der Waals surface area contributed by atoms with Crippen LogP contribution in [0.2, 0.25) is 0 Å². The molecule has 2 nitrogen and oxygen atoms in total. The van der Waals surface area contributed by atoms with Crippen LogP contribution in [-0.2, 0) is 13.0 Å². The highest BCUT2D eigenvalue weighted by atomic mass is 15.1. The highest BCUT2D eigenvalue weighted by Gasteiger charge is 2.10. The van der Waals surface area contributed by atoms with Crippen LogP contribution in [-0.4, -0.2) is 9.55 Å². The first-order valence-corrected chi connectivity index (χ1v) is 4.39. The molecule has 0 N–H and O–H groups in total. The molecule has 2 heteroatoms. The van der Waals surface area contributed by atoms with E-state index in [4.69, 9.17) is 0 Å². The van der Waals surface area contributed by atoms with E-state index in [2.05, 4.69) is 29.6 Å². The molecule has 1 aromatic heterocycles. The second-order valence-electron chi connectivity index (χ2n) is 2.92. The Labute approximate surface area is 73.9 Å². The van der Waals surface area contributed by atoms with Crippen molar-refractivity contribution in [2.45, 2.75) is 32.7 Å². The fourth-order valence-corrected chi connectivity index (χ4v) is 1.57. The topological polar surface area (TPSA) is 17.8 Å². The van der Waals surface area contributed by atoms with Crippen molar-refractivity contribution in [3.05, 3.63) is 30.9 Å². The zero-order chi connectivity index (χ0) is 8.97. The molecule has 1 aliphatic rings. The molecule has 0 radical (unpaired) electrons. The van der Waals surface area contributed by atoms with Crippen molar-refractivity contribution in [1.82, 2.24) is 9.55 Å². The summed E-state index contributed by atoms with van der Waals surface area (Å²) in [5, 5.41) is 0. The third-order valence-corrected chi connectivity index (χ3v) is 2.17. The Kier molecular flexibility index (Phi) is 3.09. The monoisotopic (exact) mass is 164 g/mol. The van der Waals surface area contributed by atoms with Crippen molar-refractivity contribution >= 4 is 0 Å². The molecule has 1 aliphatic heterocycles. The van der Waals surface area contributed by atoms with Gasteiger partial charge in [-0.2, -0.15) is 0 Å². The molecule has 0 fully saturated rings. The number of hydrogen-bond acceptors (Lipinski definition) is 1. The summed E-state index contributed by atoms with van der Waals surface area (Å²) >= 11 is 0. The summed E-state index contributed by atoms with van der Waals surface area (Å²) in [6, 6.07) is 0. The van der Waals surface area contributed by atoms with Gasteiger partial charge >= 0.3 is 0 Å². The van der Waals surface area contributed by atoms with Crippen molar-refractivity contribution in [1.29, 1.82) is 0 Å². The van der Waals surface area contributed by atoms with Gasteiger partial charge in [0.25, 0.3) is 0 Å². The van der Waals surface area contributed by atoms with Gasteiger partial charge in [0.2, 0.25) is 0 Å². The molecule has 0 bridgehead atoms. The molecule has 0 unspecified atom stereocenters. The lowest BCUT2D eigenvalue weighted by molar-refractivity contribution is 0.514.